The third kappa shape index (κ3) is 1.09. The molecule has 2 aliphatic rings. The zero-order valence-electron chi connectivity index (χ0n) is 7.94. The van der Waals surface area contributed by atoms with Crippen LogP contribution in [-0.4, -0.2) is 6.61 Å². The average molecular weight is 184 g/mol. The van der Waals surface area contributed by atoms with Crippen LogP contribution in [0.25, 0.3) is 5.57 Å². The Kier molecular flexibility index (Phi) is 1.69. The van der Waals surface area contributed by atoms with Crippen LogP contribution in [0.2, 0.25) is 0 Å². The second-order valence-electron chi connectivity index (χ2n) is 3.79. The number of rotatable bonds is 0. The van der Waals surface area contributed by atoms with Gasteiger partial charge in [0.2, 0.25) is 0 Å². The van der Waals surface area contributed by atoms with Crippen molar-refractivity contribution in [3.8, 4) is 5.75 Å². The molecule has 70 valence electrons. The van der Waals surface area contributed by atoms with Crippen molar-refractivity contribution in [2.24, 2.45) is 5.92 Å². The first-order valence-electron chi connectivity index (χ1n) is 5.04. The van der Waals surface area contributed by atoms with E-state index in [-0.39, 0.29) is 0 Å². The summed E-state index contributed by atoms with van der Waals surface area (Å²) < 4.78 is 5.72. The fourth-order valence-electron chi connectivity index (χ4n) is 2.17. The molecular formula is C13H12O. The van der Waals surface area contributed by atoms with E-state index in [0.29, 0.717) is 5.92 Å². The molecule has 1 unspecified atom stereocenters. The maximum absolute atomic E-state index is 5.72. The average Bonchev–Trinajstić information content (AvgIpc) is 2.29. The van der Waals surface area contributed by atoms with Gasteiger partial charge in [0, 0.05) is 11.5 Å². The molecule has 0 N–H and O–H groups in total. The van der Waals surface area contributed by atoms with Gasteiger partial charge in [-0.1, -0.05) is 36.4 Å². The number of benzene rings is 1. The van der Waals surface area contributed by atoms with E-state index in [0.717, 1.165) is 18.8 Å². The maximum Gasteiger partial charge on any atom is 0.126 e. The molecule has 14 heavy (non-hydrogen) atoms. The van der Waals surface area contributed by atoms with E-state index in [2.05, 4.69) is 30.4 Å². The maximum atomic E-state index is 5.72. The molecule has 1 heteroatoms. The summed E-state index contributed by atoms with van der Waals surface area (Å²) >= 11 is 0. The Balaban J connectivity index is 2.15. The highest BCUT2D eigenvalue weighted by Gasteiger charge is 2.24. The highest BCUT2D eigenvalue weighted by molar-refractivity contribution is 5.75. The van der Waals surface area contributed by atoms with Gasteiger partial charge in [-0.25, -0.2) is 0 Å². The Hall–Kier alpha value is -1.50. The second kappa shape index (κ2) is 3.02. The van der Waals surface area contributed by atoms with Crippen molar-refractivity contribution in [2.45, 2.75) is 6.42 Å². The standard InChI is InChI=1S/C13H12O/c1-2-6-11-10(5-1)9-14-13-8-4-3-7-12(11)13/h1-4,6-8,10H,5,9H2. The lowest BCUT2D eigenvalue weighted by Gasteiger charge is -2.28. The summed E-state index contributed by atoms with van der Waals surface area (Å²) in [6, 6.07) is 8.29. The van der Waals surface area contributed by atoms with Gasteiger partial charge in [-0.2, -0.15) is 0 Å². The summed E-state index contributed by atoms with van der Waals surface area (Å²) in [5.74, 6) is 1.60. The summed E-state index contributed by atoms with van der Waals surface area (Å²) in [6.07, 6.45) is 7.69. The van der Waals surface area contributed by atoms with Crippen molar-refractivity contribution in [3.05, 3.63) is 48.1 Å². The minimum absolute atomic E-state index is 0.565. The third-order valence-electron chi connectivity index (χ3n) is 2.91. The monoisotopic (exact) mass is 184 g/mol. The number of fused-ring (bicyclic) bond motifs is 3. The lowest BCUT2D eigenvalue weighted by atomic mass is 9.85. The van der Waals surface area contributed by atoms with Crippen molar-refractivity contribution < 1.29 is 4.74 Å². The van der Waals surface area contributed by atoms with E-state index < -0.39 is 0 Å². The number of para-hydroxylation sites is 1. The normalized spacial score (nSPS) is 23.1. The predicted octanol–water partition coefficient (Wildman–Crippen LogP) is 3.04. The second-order valence-corrected chi connectivity index (χ2v) is 3.79. The minimum Gasteiger partial charge on any atom is -0.492 e. The SMILES string of the molecule is C1=CCC2COc3ccccc3C2=C1. The molecule has 3 rings (SSSR count). The van der Waals surface area contributed by atoms with Crippen LogP contribution in [0.3, 0.4) is 0 Å². The van der Waals surface area contributed by atoms with Crippen LogP contribution in [0.5, 0.6) is 5.75 Å². The molecule has 0 aromatic heterocycles. The zero-order chi connectivity index (χ0) is 9.38. The number of allylic oxidation sites excluding steroid dienone is 3. The number of hydrogen-bond donors (Lipinski definition) is 0. The number of ether oxygens (including phenoxy) is 1. The molecule has 1 aliphatic carbocycles. The molecule has 1 atom stereocenters. The molecule has 0 bridgehead atoms. The minimum atomic E-state index is 0.565. The summed E-state index contributed by atoms with van der Waals surface area (Å²) in [5, 5.41) is 0. The van der Waals surface area contributed by atoms with Gasteiger partial charge in [-0.15, -0.1) is 0 Å². The van der Waals surface area contributed by atoms with Gasteiger partial charge in [0.1, 0.15) is 5.75 Å². The van der Waals surface area contributed by atoms with E-state index in [1.165, 1.54) is 11.1 Å². The molecule has 1 aromatic rings. The lowest BCUT2D eigenvalue weighted by molar-refractivity contribution is 0.267. The Morgan fingerprint density at radius 2 is 2.14 bits per heavy atom. The van der Waals surface area contributed by atoms with Gasteiger partial charge in [0.15, 0.2) is 0 Å². The van der Waals surface area contributed by atoms with Crippen LogP contribution < -0.4 is 4.74 Å². The van der Waals surface area contributed by atoms with Crippen molar-refractivity contribution >= 4 is 5.57 Å². The van der Waals surface area contributed by atoms with Crippen molar-refractivity contribution in [2.75, 3.05) is 6.61 Å². The van der Waals surface area contributed by atoms with E-state index in [1.54, 1.807) is 0 Å². The van der Waals surface area contributed by atoms with Gasteiger partial charge in [0.25, 0.3) is 0 Å². The molecule has 0 spiro atoms. The largest absolute Gasteiger partial charge is 0.492 e. The van der Waals surface area contributed by atoms with Gasteiger partial charge >= 0.3 is 0 Å². The third-order valence-corrected chi connectivity index (χ3v) is 2.91. The molecule has 1 aromatic carbocycles. The van der Waals surface area contributed by atoms with Gasteiger partial charge in [-0.05, 0) is 18.1 Å². The Morgan fingerprint density at radius 1 is 1.21 bits per heavy atom. The lowest BCUT2D eigenvalue weighted by Crippen LogP contribution is -2.20. The smallest absolute Gasteiger partial charge is 0.126 e. The highest BCUT2D eigenvalue weighted by atomic mass is 16.5. The van der Waals surface area contributed by atoms with Gasteiger partial charge in [-0.3, -0.25) is 0 Å². The molecule has 1 heterocycles. The Labute approximate surface area is 83.7 Å². The summed E-state index contributed by atoms with van der Waals surface area (Å²) in [6.45, 7) is 0.827. The van der Waals surface area contributed by atoms with Gasteiger partial charge < -0.3 is 4.74 Å². The first kappa shape index (κ1) is 7.86. The molecule has 0 radical (unpaired) electrons. The Morgan fingerprint density at radius 3 is 3.14 bits per heavy atom. The topological polar surface area (TPSA) is 9.23 Å². The summed E-state index contributed by atoms with van der Waals surface area (Å²) in [7, 11) is 0. The van der Waals surface area contributed by atoms with E-state index in [1.807, 2.05) is 12.1 Å². The van der Waals surface area contributed by atoms with E-state index in [4.69, 9.17) is 4.74 Å². The molecular weight excluding hydrogens is 172 g/mol. The van der Waals surface area contributed by atoms with Crippen molar-refractivity contribution in [1.82, 2.24) is 0 Å². The highest BCUT2D eigenvalue weighted by Crippen LogP contribution is 2.39. The molecule has 0 amide bonds. The summed E-state index contributed by atoms with van der Waals surface area (Å²) in [5.41, 5.74) is 2.71. The van der Waals surface area contributed by atoms with Crippen molar-refractivity contribution in [1.29, 1.82) is 0 Å². The summed E-state index contributed by atoms with van der Waals surface area (Å²) in [4.78, 5) is 0. The number of hydrogen-bond acceptors (Lipinski definition) is 1. The van der Waals surface area contributed by atoms with Crippen LogP contribution in [0.4, 0.5) is 0 Å². The van der Waals surface area contributed by atoms with E-state index >= 15 is 0 Å². The van der Waals surface area contributed by atoms with Gasteiger partial charge in [0.05, 0.1) is 6.61 Å². The fraction of sp³-hybridized carbons (Fsp3) is 0.231. The van der Waals surface area contributed by atoms with Crippen LogP contribution >= 0.6 is 0 Å². The van der Waals surface area contributed by atoms with E-state index in [9.17, 15) is 0 Å². The van der Waals surface area contributed by atoms with Crippen LogP contribution in [0.15, 0.2) is 42.5 Å². The molecule has 1 nitrogen and oxygen atoms in total. The van der Waals surface area contributed by atoms with Crippen LogP contribution in [0.1, 0.15) is 12.0 Å². The molecule has 1 aliphatic heterocycles. The first-order valence-corrected chi connectivity index (χ1v) is 5.04. The van der Waals surface area contributed by atoms with Crippen molar-refractivity contribution in [3.63, 3.8) is 0 Å². The molecule has 0 fully saturated rings. The molecule has 0 saturated carbocycles. The fourth-order valence-corrected chi connectivity index (χ4v) is 2.17. The Bertz CT molecular complexity index is 415. The first-order chi connectivity index (χ1) is 6.95. The zero-order valence-corrected chi connectivity index (χ0v) is 7.94. The van der Waals surface area contributed by atoms with Crippen LogP contribution in [-0.2, 0) is 0 Å². The quantitative estimate of drug-likeness (QED) is 0.602. The predicted molar refractivity (Wildman–Crippen MR) is 57.2 cm³/mol. The molecule has 0 saturated heterocycles. The van der Waals surface area contributed by atoms with Crippen LogP contribution in [0, 0.1) is 5.92 Å².